The Labute approximate surface area is 200 Å². The summed E-state index contributed by atoms with van der Waals surface area (Å²) < 4.78 is 44.6. The molecule has 2 aromatic heterocycles. The number of piperidine rings is 1. The molecule has 2 atom stereocenters. The van der Waals surface area contributed by atoms with E-state index in [9.17, 15) is 18.0 Å². The van der Waals surface area contributed by atoms with Crippen LogP contribution in [0.4, 0.5) is 19.0 Å². The van der Waals surface area contributed by atoms with Gasteiger partial charge < -0.3 is 15.4 Å². The van der Waals surface area contributed by atoms with Crippen LogP contribution in [0.2, 0.25) is 5.02 Å². The van der Waals surface area contributed by atoms with Crippen molar-refractivity contribution in [1.29, 1.82) is 0 Å². The Balaban J connectivity index is 1.43. The number of hydrogen-bond acceptors (Lipinski definition) is 7. The molecular formula is C23H27ClF3N5O2. The van der Waals surface area contributed by atoms with Crippen LogP contribution in [0.3, 0.4) is 0 Å². The highest BCUT2D eigenvalue weighted by Crippen LogP contribution is 2.33. The molecule has 0 radical (unpaired) electrons. The lowest BCUT2D eigenvalue weighted by Gasteiger charge is -2.30. The van der Waals surface area contributed by atoms with Gasteiger partial charge >= 0.3 is 6.18 Å². The highest BCUT2D eigenvalue weighted by molar-refractivity contribution is 6.33. The van der Waals surface area contributed by atoms with E-state index >= 15 is 0 Å². The predicted molar refractivity (Wildman–Crippen MR) is 122 cm³/mol. The van der Waals surface area contributed by atoms with Gasteiger partial charge in [0.2, 0.25) is 0 Å². The third-order valence-corrected chi connectivity index (χ3v) is 6.66. The van der Waals surface area contributed by atoms with Crippen molar-refractivity contribution in [2.45, 2.75) is 31.9 Å². The van der Waals surface area contributed by atoms with Gasteiger partial charge in [0.1, 0.15) is 11.6 Å². The number of hydrogen-bond donors (Lipinski definition) is 2. The number of carbonyl (C=O) groups excluding carboxylic acids is 1. The van der Waals surface area contributed by atoms with Crippen LogP contribution in [0.25, 0.3) is 11.3 Å². The topological polar surface area (TPSA) is 89.0 Å². The zero-order valence-corrected chi connectivity index (χ0v) is 19.3. The van der Waals surface area contributed by atoms with Gasteiger partial charge in [-0.25, -0.2) is 4.98 Å². The second kappa shape index (κ2) is 11.0. The molecule has 4 rings (SSSR count). The van der Waals surface area contributed by atoms with E-state index < -0.39 is 18.0 Å². The van der Waals surface area contributed by atoms with Crippen molar-refractivity contribution in [2.24, 2.45) is 17.8 Å². The zero-order valence-electron chi connectivity index (χ0n) is 18.6. The van der Waals surface area contributed by atoms with Crippen LogP contribution >= 0.6 is 11.6 Å². The number of Topliss-reactive ketones (excluding diaryl/α,β-unsaturated/α-hetero) is 1. The maximum Gasteiger partial charge on any atom is 0.393 e. The Morgan fingerprint density at radius 3 is 2.76 bits per heavy atom. The number of ketones is 1. The minimum atomic E-state index is -4.32. The van der Waals surface area contributed by atoms with Crippen molar-refractivity contribution >= 4 is 23.2 Å². The number of anilines is 1. The first-order valence-electron chi connectivity index (χ1n) is 11.4. The van der Waals surface area contributed by atoms with Crippen LogP contribution in [-0.2, 0) is 16.0 Å². The van der Waals surface area contributed by atoms with Gasteiger partial charge in [-0.05, 0) is 31.2 Å². The van der Waals surface area contributed by atoms with E-state index in [4.69, 9.17) is 16.3 Å². The number of ether oxygens (including phenoxy) is 1. The molecule has 0 amide bonds. The van der Waals surface area contributed by atoms with E-state index in [-0.39, 0.29) is 31.7 Å². The van der Waals surface area contributed by atoms with Gasteiger partial charge in [-0.1, -0.05) is 11.6 Å². The van der Waals surface area contributed by atoms with Crippen LogP contribution in [0.1, 0.15) is 25.0 Å². The number of nitrogens with one attached hydrogen (secondary N) is 2. The fourth-order valence-electron chi connectivity index (χ4n) is 4.31. The molecule has 0 unspecified atom stereocenters. The van der Waals surface area contributed by atoms with E-state index in [1.807, 2.05) is 0 Å². The second-order valence-electron chi connectivity index (χ2n) is 8.85. The molecule has 11 heteroatoms. The third kappa shape index (κ3) is 6.43. The number of aromatic nitrogens is 3. The van der Waals surface area contributed by atoms with Gasteiger partial charge in [-0.2, -0.15) is 13.2 Å². The van der Waals surface area contributed by atoms with E-state index in [1.165, 1.54) is 6.20 Å². The highest BCUT2D eigenvalue weighted by Gasteiger charge is 2.43. The lowest BCUT2D eigenvalue weighted by molar-refractivity contribution is -0.182. The zero-order chi connectivity index (χ0) is 24.1. The number of pyridine rings is 1. The third-order valence-electron chi connectivity index (χ3n) is 6.36. The standard InChI is InChI=1S/C23H27ClF3N5O2/c24-19-11-30-17(7-21(33)15-5-16(10-28-9-15)23(25,26)27)6-18(19)20-12-29-13-22(32-20)31-8-14-1-3-34-4-2-14/h6,11-16,28H,1-5,7-10H2,(H,31,32)/t15-,16-/m1/s1. The lowest BCUT2D eigenvalue weighted by Crippen LogP contribution is -2.45. The van der Waals surface area contributed by atoms with Crippen molar-refractivity contribution < 1.29 is 22.7 Å². The van der Waals surface area contributed by atoms with Crippen molar-refractivity contribution in [3.05, 3.63) is 35.4 Å². The van der Waals surface area contributed by atoms with Gasteiger partial charge in [-0.3, -0.25) is 14.8 Å². The number of alkyl halides is 3. The van der Waals surface area contributed by atoms with Crippen molar-refractivity contribution in [2.75, 3.05) is 38.2 Å². The maximum atomic E-state index is 13.1. The Morgan fingerprint density at radius 2 is 2.00 bits per heavy atom. The number of carbonyl (C=O) groups is 1. The molecule has 0 aromatic carbocycles. The SMILES string of the molecule is O=C(Cc1cc(-c2cncc(NCC3CCOCC3)n2)c(Cl)cn1)[C@H]1CNC[C@H](C(F)(F)F)C1. The molecule has 2 aromatic rings. The molecule has 184 valence electrons. The average Bonchev–Trinajstić information content (AvgIpc) is 2.84. The molecule has 0 bridgehead atoms. The van der Waals surface area contributed by atoms with Crippen molar-refractivity contribution in [3.63, 3.8) is 0 Å². The summed E-state index contributed by atoms with van der Waals surface area (Å²) in [6.45, 7) is 2.37. The van der Waals surface area contributed by atoms with E-state index in [0.29, 0.717) is 33.7 Å². The number of rotatable bonds is 7. The molecule has 4 heterocycles. The summed E-state index contributed by atoms with van der Waals surface area (Å²) in [5.41, 5.74) is 1.52. The summed E-state index contributed by atoms with van der Waals surface area (Å²) in [7, 11) is 0. The molecular weight excluding hydrogens is 471 g/mol. The van der Waals surface area contributed by atoms with Crippen LogP contribution in [0, 0.1) is 17.8 Å². The van der Waals surface area contributed by atoms with Gasteiger partial charge in [0.15, 0.2) is 0 Å². The normalized spacial score (nSPS) is 21.9. The Bertz CT molecular complexity index is 1000. The van der Waals surface area contributed by atoms with Crippen molar-refractivity contribution in [1.82, 2.24) is 20.3 Å². The minimum absolute atomic E-state index is 0.0732. The lowest BCUT2D eigenvalue weighted by atomic mass is 9.86. The van der Waals surface area contributed by atoms with Crippen LogP contribution in [0.5, 0.6) is 0 Å². The predicted octanol–water partition coefficient (Wildman–Crippen LogP) is 3.93. The Hall–Kier alpha value is -2.30. The maximum absolute atomic E-state index is 13.1. The van der Waals surface area contributed by atoms with Gasteiger partial charge in [0, 0.05) is 62.6 Å². The molecule has 7 nitrogen and oxygen atoms in total. The molecule has 2 fully saturated rings. The molecule has 2 N–H and O–H groups in total. The fourth-order valence-corrected chi connectivity index (χ4v) is 4.51. The van der Waals surface area contributed by atoms with Gasteiger partial charge in [0.05, 0.1) is 29.0 Å². The molecule has 34 heavy (non-hydrogen) atoms. The summed E-state index contributed by atoms with van der Waals surface area (Å²) in [4.78, 5) is 25.8. The summed E-state index contributed by atoms with van der Waals surface area (Å²) in [5.74, 6) is -1.39. The molecule has 0 spiro atoms. The largest absolute Gasteiger partial charge is 0.393 e. The Kier molecular flexibility index (Phi) is 8.00. The fraction of sp³-hybridized carbons (Fsp3) is 0.565. The first-order chi connectivity index (χ1) is 16.3. The summed E-state index contributed by atoms with van der Waals surface area (Å²) in [6, 6.07) is 1.66. The summed E-state index contributed by atoms with van der Waals surface area (Å²) in [6.07, 6.45) is 2.03. The van der Waals surface area contributed by atoms with Gasteiger partial charge in [0.25, 0.3) is 0 Å². The second-order valence-corrected chi connectivity index (χ2v) is 9.26. The van der Waals surface area contributed by atoms with Crippen LogP contribution in [-0.4, -0.2) is 59.8 Å². The number of halogens is 4. The highest BCUT2D eigenvalue weighted by atomic mass is 35.5. The number of nitrogens with zero attached hydrogens (tertiary/aromatic N) is 3. The van der Waals surface area contributed by atoms with E-state index in [1.54, 1.807) is 18.5 Å². The van der Waals surface area contributed by atoms with Gasteiger partial charge in [-0.15, -0.1) is 0 Å². The summed E-state index contributed by atoms with van der Waals surface area (Å²) >= 11 is 6.35. The molecule has 0 aliphatic carbocycles. The van der Waals surface area contributed by atoms with Crippen molar-refractivity contribution in [3.8, 4) is 11.3 Å². The van der Waals surface area contributed by atoms with E-state index in [2.05, 4.69) is 25.6 Å². The smallest absolute Gasteiger partial charge is 0.381 e. The molecule has 2 aliphatic rings. The quantitative estimate of drug-likeness (QED) is 0.599. The molecule has 0 saturated carbocycles. The van der Waals surface area contributed by atoms with Crippen LogP contribution in [0.15, 0.2) is 24.7 Å². The first-order valence-corrected chi connectivity index (χ1v) is 11.8. The molecule has 2 saturated heterocycles. The minimum Gasteiger partial charge on any atom is -0.381 e. The summed E-state index contributed by atoms with van der Waals surface area (Å²) in [5, 5.41) is 6.39. The average molecular weight is 498 g/mol. The Morgan fingerprint density at radius 1 is 1.21 bits per heavy atom. The van der Waals surface area contributed by atoms with E-state index in [0.717, 1.165) is 32.6 Å². The first kappa shape index (κ1) is 24.8. The molecule has 2 aliphatic heterocycles. The van der Waals surface area contributed by atoms with Crippen LogP contribution < -0.4 is 10.6 Å². The monoisotopic (exact) mass is 497 g/mol.